The summed E-state index contributed by atoms with van der Waals surface area (Å²) in [6, 6.07) is 17.6. The van der Waals surface area contributed by atoms with Crippen LogP contribution in [0.3, 0.4) is 0 Å². The second kappa shape index (κ2) is 4.94. The minimum absolute atomic E-state index is 0.127. The molecule has 0 N–H and O–H groups in total. The molecule has 0 amide bonds. The van der Waals surface area contributed by atoms with Crippen LogP contribution in [0.2, 0.25) is 0 Å². The number of rotatable bonds is 3. The van der Waals surface area contributed by atoms with Gasteiger partial charge in [-0.1, -0.05) is 42.5 Å². The lowest BCUT2D eigenvalue weighted by Gasteiger charge is -1.98. The van der Waals surface area contributed by atoms with E-state index < -0.39 is 0 Å². The van der Waals surface area contributed by atoms with Crippen LogP contribution in [-0.4, -0.2) is 5.78 Å². The molecule has 0 unspecified atom stereocenters. The Labute approximate surface area is 111 Å². The Morgan fingerprint density at radius 1 is 0.947 bits per heavy atom. The van der Waals surface area contributed by atoms with Crippen molar-refractivity contribution in [2.45, 2.75) is 0 Å². The largest absolute Gasteiger partial charge is 0.461 e. The Hall–Kier alpha value is -2.61. The number of fused-ring (bicyclic) bond motifs is 1. The molecule has 3 rings (SSSR count). The van der Waals surface area contributed by atoms with Crippen LogP contribution in [0, 0.1) is 0 Å². The molecule has 0 spiro atoms. The van der Waals surface area contributed by atoms with Gasteiger partial charge in [-0.05, 0) is 40.6 Å². The highest BCUT2D eigenvalue weighted by Crippen LogP contribution is 2.16. The van der Waals surface area contributed by atoms with Gasteiger partial charge in [0.05, 0.1) is 6.26 Å². The van der Waals surface area contributed by atoms with Gasteiger partial charge in [-0.25, -0.2) is 0 Å². The van der Waals surface area contributed by atoms with Crippen molar-refractivity contribution < 1.29 is 9.21 Å². The molecule has 2 heteroatoms. The summed E-state index contributed by atoms with van der Waals surface area (Å²) in [7, 11) is 0. The van der Waals surface area contributed by atoms with Gasteiger partial charge in [0.25, 0.3) is 0 Å². The molecule has 0 fully saturated rings. The molecule has 2 aromatic carbocycles. The maximum atomic E-state index is 11.8. The summed E-state index contributed by atoms with van der Waals surface area (Å²) in [6.45, 7) is 0. The summed E-state index contributed by atoms with van der Waals surface area (Å²) in [6.07, 6.45) is 4.83. The van der Waals surface area contributed by atoms with E-state index in [4.69, 9.17) is 4.42 Å². The zero-order chi connectivity index (χ0) is 13.1. The number of hydrogen-bond acceptors (Lipinski definition) is 2. The molecule has 0 aliphatic rings. The molecule has 0 aliphatic carbocycles. The normalized spacial score (nSPS) is 11.2. The summed E-state index contributed by atoms with van der Waals surface area (Å²) in [5, 5.41) is 2.35. The Kier molecular flexibility index (Phi) is 2.99. The van der Waals surface area contributed by atoms with Crippen LogP contribution in [-0.2, 0) is 0 Å². The minimum Gasteiger partial charge on any atom is -0.461 e. The molecule has 0 radical (unpaired) electrons. The van der Waals surface area contributed by atoms with Crippen molar-refractivity contribution in [3.05, 3.63) is 78.3 Å². The van der Waals surface area contributed by atoms with E-state index in [0.29, 0.717) is 5.76 Å². The molecule has 0 saturated carbocycles. The Bertz CT molecular complexity index is 737. The highest BCUT2D eigenvalue weighted by molar-refractivity contribution is 6.05. The molecule has 2 nitrogen and oxygen atoms in total. The van der Waals surface area contributed by atoms with Gasteiger partial charge in [0.15, 0.2) is 5.76 Å². The van der Waals surface area contributed by atoms with Crippen molar-refractivity contribution in [2.24, 2.45) is 0 Å². The van der Waals surface area contributed by atoms with Crippen LogP contribution in [0.15, 0.2) is 71.4 Å². The third-order valence-electron chi connectivity index (χ3n) is 2.96. The maximum absolute atomic E-state index is 11.8. The maximum Gasteiger partial charge on any atom is 0.221 e. The standard InChI is InChI=1S/C17H12O2/c18-16(17-6-3-11-19-17)10-8-13-7-9-14-4-1-2-5-15(14)12-13/h1-12H/b10-8+. The van der Waals surface area contributed by atoms with Crippen LogP contribution < -0.4 is 0 Å². The van der Waals surface area contributed by atoms with Gasteiger partial charge in [0, 0.05) is 0 Å². The van der Waals surface area contributed by atoms with Crippen molar-refractivity contribution >= 4 is 22.6 Å². The van der Waals surface area contributed by atoms with Crippen LogP contribution in [0.5, 0.6) is 0 Å². The molecule has 0 aliphatic heterocycles. The third-order valence-corrected chi connectivity index (χ3v) is 2.96. The number of benzene rings is 2. The quantitative estimate of drug-likeness (QED) is 0.510. The fourth-order valence-corrected chi connectivity index (χ4v) is 1.98. The lowest BCUT2D eigenvalue weighted by atomic mass is 10.1. The van der Waals surface area contributed by atoms with Gasteiger partial charge in [-0.3, -0.25) is 4.79 Å². The average Bonchev–Trinajstić information content (AvgIpc) is 2.99. The fourth-order valence-electron chi connectivity index (χ4n) is 1.98. The second-order valence-corrected chi connectivity index (χ2v) is 4.28. The first-order valence-corrected chi connectivity index (χ1v) is 6.08. The van der Waals surface area contributed by atoms with Crippen molar-refractivity contribution in [1.82, 2.24) is 0 Å². The molecule has 0 saturated heterocycles. The second-order valence-electron chi connectivity index (χ2n) is 4.28. The van der Waals surface area contributed by atoms with E-state index in [1.54, 1.807) is 18.2 Å². The van der Waals surface area contributed by atoms with E-state index in [0.717, 1.165) is 10.9 Å². The minimum atomic E-state index is -0.127. The predicted molar refractivity (Wildman–Crippen MR) is 76.0 cm³/mol. The molecular weight excluding hydrogens is 236 g/mol. The molecule has 19 heavy (non-hydrogen) atoms. The van der Waals surface area contributed by atoms with Crippen molar-refractivity contribution in [3.63, 3.8) is 0 Å². The molecular formula is C17H12O2. The Balaban J connectivity index is 1.87. The van der Waals surface area contributed by atoms with Crippen LogP contribution in [0.25, 0.3) is 16.8 Å². The van der Waals surface area contributed by atoms with Gasteiger partial charge in [0.2, 0.25) is 5.78 Å². The summed E-state index contributed by atoms with van der Waals surface area (Å²) >= 11 is 0. The summed E-state index contributed by atoms with van der Waals surface area (Å²) < 4.78 is 5.05. The lowest BCUT2D eigenvalue weighted by Crippen LogP contribution is -1.90. The SMILES string of the molecule is O=C(/C=C/c1ccc2ccccc2c1)c1ccco1. The zero-order valence-electron chi connectivity index (χ0n) is 10.2. The molecule has 92 valence electrons. The lowest BCUT2D eigenvalue weighted by molar-refractivity contribution is 0.102. The van der Waals surface area contributed by atoms with Gasteiger partial charge >= 0.3 is 0 Å². The van der Waals surface area contributed by atoms with Crippen LogP contribution >= 0.6 is 0 Å². The predicted octanol–water partition coefficient (Wildman–Crippen LogP) is 4.33. The van der Waals surface area contributed by atoms with E-state index in [-0.39, 0.29) is 5.78 Å². The molecule has 0 bridgehead atoms. The molecule has 3 aromatic rings. The third kappa shape index (κ3) is 2.47. The van der Waals surface area contributed by atoms with Crippen LogP contribution in [0.4, 0.5) is 0 Å². The highest BCUT2D eigenvalue weighted by Gasteiger charge is 2.03. The smallest absolute Gasteiger partial charge is 0.221 e. The van der Waals surface area contributed by atoms with E-state index in [9.17, 15) is 4.79 Å². The van der Waals surface area contributed by atoms with Gasteiger partial charge in [0.1, 0.15) is 0 Å². The van der Waals surface area contributed by atoms with Crippen molar-refractivity contribution in [2.75, 3.05) is 0 Å². The first-order valence-electron chi connectivity index (χ1n) is 6.08. The van der Waals surface area contributed by atoms with Crippen LogP contribution in [0.1, 0.15) is 16.1 Å². The Morgan fingerprint density at radius 2 is 1.79 bits per heavy atom. The van der Waals surface area contributed by atoms with Crippen molar-refractivity contribution in [3.8, 4) is 0 Å². The highest BCUT2D eigenvalue weighted by atomic mass is 16.3. The van der Waals surface area contributed by atoms with E-state index >= 15 is 0 Å². The van der Waals surface area contributed by atoms with E-state index in [1.807, 2.05) is 24.3 Å². The van der Waals surface area contributed by atoms with E-state index in [2.05, 4.69) is 18.2 Å². The Morgan fingerprint density at radius 3 is 2.58 bits per heavy atom. The summed E-state index contributed by atoms with van der Waals surface area (Å²) in [5.74, 6) is 0.232. The number of hydrogen-bond donors (Lipinski definition) is 0. The number of furan rings is 1. The fraction of sp³-hybridized carbons (Fsp3) is 0. The number of carbonyl (C=O) groups is 1. The molecule has 1 aromatic heterocycles. The average molecular weight is 248 g/mol. The monoisotopic (exact) mass is 248 g/mol. The van der Waals surface area contributed by atoms with Gasteiger partial charge in [-0.15, -0.1) is 0 Å². The number of carbonyl (C=O) groups excluding carboxylic acids is 1. The molecule has 0 atom stereocenters. The molecule has 1 heterocycles. The summed E-state index contributed by atoms with van der Waals surface area (Å²) in [4.78, 5) is 11.8. The zero-order valence-corrected chi connectivity index (χ0v) is 10.2. The first-order chi connectivity index (χ1) is 9.33. The van der Waals surface area contributed by atoms with Crippen molar-refractivity contribution in [1.29, 1.82) is 0 Å². The first kappa shape index (κ1) is 11.5. The number of allylic oxidation sites excluding steroid dienone is 1. The number of ketones is 1. The van der Waals surface area contributed by atoms with Gasteiger partial charge < -0.3 is 4.42 Å². The van der Waals surface area contributed by atoms with E-state index in [1.165, 1.54) is 17.7 Å². The van der Waals surface area contributed by atoms with Gasteiger partial charge in [-0.2, -0.15) is 0 Å². The topological polar surface area (TPSA) is 30.2 Å². The summed E-state index contributed by atoms with van der Waals surface area (Å²) in [5.41, 5.74) is 0.999.